The van der Waals surface area contributed by atoms with Crippen LogP contribution in [-0.2, 0) is 0 Å². The molecule has 1 fully saturated rings. The minimum absolute atomic E-state index is 0.282. The van der Waals surface area contributed by atoms with Crippen molar-refractivity contribution in [2.75, 3.05) is 19.6 Å². The van der Waals surface area contributed by atoms with E-state index in [1.54, 1.807) is 0 Å². The quantitative estimate of drug-likeness (QED) is 0.757. The van der Waals surface area contributed by atoms with Crippen molar-refractivity contribution >= 4 is 0 Å². The largest absolute Gasteiger partial charge is 0.308 e. The van der Waals surface area contributed by atoms with Gasteiger partial charge < -0.3 is 5.32 Å². The molecule has 0 aromatic rings. The van der Waals surface area contributed by atoms with Crippen LogP contribution in [0.3, 0.4) is 0 Å². The molecule has 0 aromatic carbocycles. The first-order valence-corrected chi connectivity index (χ1v) is 6.98. The first-order valence-electron chi connectivity index (χ1n) is 6.98. The highest BCUT2D eigenvalue weighted by molar-refractivity contribution is 5.04. The Hall–Kier alpha value is -0.340. The molecule has 1 heterocycles. The smallest absolute Gasteiger partial charge is 0.0307 e. The molecule has 2 unspecified atom stereocenters. The van der Waals surface area contributed by atoms with Gasteiger partial charge >= 0.3 is 0 Å². The van der Waals surface area contributed by atoms with Crippen LogP contribution < -0.4 is 5.32 Å². The van der Waals surface area contributed by atoms with Gasteiger partial charge in [-0.2, -0.15) is 0 Å². The second-order valence-electron chi connectivity index (χ2n) is 6.28. The molecule has 1 aliphatic rings. The van der Waals surface area contributed by atoms with E-state index in [4.69, 9.17) is 0 Å². The molecule has 0 saturated carbocycles. The van der Waals surface area contributed by atoms with Crippen molar-refractivity contribution in [3.05, 3.63) is 11.6 Å². The molecular weight excluding hydrogens is 208 g/mol. The Balaban J connectivity index is 2.80. The number of nitrogens with one attached hydrogen (secondary N) is 1. The van der Waals surface area contributed by atoms with Gasteiger partial charge in [0.1, 0.15) is 0 Å². The molecule has 2 nitrogen and oxygen atoms in total. The lowest BCUT2D eigenvalue weighted by Crippen LogP contribution is -2.67. The Morgan fingerprint density at radius 3 is 2.35 bits per heavy atom. The second-order valence-corrected chi connectivity index (χ2v) is 6.28. The highest BCUT2D eigenvalue weighted by atomic mass is 15.3. The number of rotatable bonds is 4. The maximum absolute atomic E-state index is 3.74. The third kappa shape index (κ3) is 3.56. The van der Waals surface area contributed by atoms with E-state index in [1.807, 2.05) is 0 Å². The van der Waals surface area contributed by atoms with Crippen LogP contribution in [0.2, 0.25) is 0 Å². The first kappa shape index (κ1) is 14.7. The fraction of sp³-hybridized carbons (Fsp3) is 0.867. The van der Waals surface area contributed by atoms with Crippen LogP contribution in [0, 0.1) is 0 Å². The van der Waals surface area contributed by atoms with Crippen LogP contribution in [0.25, 0.3) is 0 Å². The normalized spacial score (nSPS) is 34.7. The lowest BCUT2D eigenvalue weighted by molar-refractivity contribution is 0.0266. The summed E-state index contributed by atoms with van der Waals surface area (Å²) in [5, 5.41) is 3.74. The Morgan fingerprint density at radius 2 is 1.88 bits per heavy atom. The highest BCUT2D eigenvalue weighted by Crippen LogP contribution is 2.28. The summed E-state index contributed by atoms with van der Waals surface area (Å²) >= 11 is 0. The second kappa shape index (κ2) is 5.53. The summed E-state index contributed by atoms with van der Waals surface area (Å²) in [4.78, 5) is 2.65. The zero-order valence-electron chi connectivity index (χ0n) is 12.6. The average Bonchev–Trinajstić information content (AvgIpc) is 2.30. The van der Waals surface area contributed by atoms with E-state index in [1.165, 1.54) is 18.4 Å². The topological polar surface area (TPSA) is 15.3 Å². The van der Waals surface area contributed by atoms with E-state index >= 15 is 0 Å². The van der Waals surface area contributed by atoms with Crippen molar-refractivity contribution < 1.29 is 0 Å². The van der Waals surface area contributed by atoms with Crippen LogP contribution in [0.5, 0.6) is 0 Å². The molecule has 1 saturated heterocycles. The van der Waals surface area contributed by atoms with Gasteiger partial charge in [-0.05, 0) is 40.5 Å². The van der Waals surface area contributed by atoms with Crippen molar-refractivity contribution in [1.29, 1.82) is 0 Å². The van der Waals surface area contributed by atoms with E-state index in [2.05, 4.69) is 57.8 Å². The number of hydrogen-bond donors (Lipinski definition) is 1. The molecule has 100 valence electrons. The van der Waals surface area contributed by atoms with Gasteiger partial charge in [0.2, 0.25) is 0 Å². The molecule has 2 atom stereocenters. The lowest BCUT2D eigenvalue weighted by Gasteiger charge is -2.52. The van der Waals surface area contributed by atoms with Gasteiger partial charge in [0, 0.05) is 30.7 Å². The molecule has 0 aromatic heterocycles. The zero-order chi connectivity index (χ0) is 13.1. The van der Waals surface area contributed by atoms with E-state index in [9.17, 15) is 0 Å². The molecule has 0 bridgehead atoms. The van der Waals surface area contributed by atoms with Crippen LogP contribution in [0.4, 0.5) is 0 Å². The van der Waals surface area contributed by atoms with Crippen LogP contribution in [0.1, 0.15) is 54.4 Å². The van der Waals surface area contributed by atoms with Gasteiger partial charge in [0.05, 0.1) is 0 Å². The zero-order valence-corrected chi connectivity index (χ0v) is 12.6. The first-order chi connectivity index (χ1) is 7.85. The van der Waals surface area contributed by atoms with Gasteiger partial charge in [-0.15, -0.1) is 0 Å². The Bertz CT molecular complexity index is 281. The van der Waals surface area contributed by atoms with Gasteiger partial charge in [0.25, 0.3) is 0 Å². The Labute approximate surface area is 107 Å². The molecule has 0 spiro atoms. The summed E-state index contributed by atoms with van der Waals surface area (Å²) in [6, 6.07) is 0. The molecular formula is C15H30N2. The number of hydrogen-bond acceptors (Lipinski definition) is 2. The van der Waals surface area contributed by atoms with Gasteiger partial charge in [-0.25, -0.2) is 0 Å². The van der Waals surface area contributed by atoms with Crippen molar-refractivity contribution in [3.8, 4) is 0 Å². The van der Waals surface area contributed by atoms with E-state index in [-0.39, 0.29) is 5.54 Å². The summed E-state index contributed by atoms with van der Waals surface area (Å²) in [7, 11) is 0. The SMILES string of the molecule is CCC1(C)CN(CC=C(C)C)C(C)(CC)CN1. The maximum atomic E-state index is 3.74. The van der Waals surface area contributed by atoms with E-state index in [0.29, 0.717) is 5.54 Å². The summed E-state index contributed by atoms with van der Waals surface area (Å²) < 4.78 is 0. The summed E-state index contributed by atoms with van der Waals surface area (Å²) in [5.41, 5.74) is 2.00. The van der Waals surface area contributed by atoms with E-state index in [0.717, 1.165) is 19.6 Å². The third-order valence-corrected chi connectivity index (χ3v) is 4.46. The Kier molecular flexibility index (Phi) is 4.79. The number of piperazine rings is 1. The Morgan fingerprint density at radius 1 is 1.24 bits per heavy atom. The fourth-order valence-corrected chi connectivity index (χ4v) is 2.35. The molecule has 17 heavy (non-hydrogen) atoms. The maximum Gasteiger partial charge on any atom is 0.0307 e. The summed E-state index contributed by atoms with van der Waals surface area (Å²) in [6.45, 7) is 17.0. The third-order valence-electron chi connectivity index (χ3n) is 4.46. The summed E-state index contributed by atoms with van der Waals surface area (Å²) in [6.07, 6.45) is 4.75. The molecule has 0 aliphatic carbocycles. The van der Waals surface area contributed by atoms with Gasteiger partial charge in [-0.3, -0.25) is 4.90 Å². The molecule has 0 amide bonds. The summed E-state index contributed by atoms with van der Waals surface area (Å²) in [5.74, 6) is 0. The minimum Gasteiger partial charge on any atom is -0.308 e. The molecule has 2 heteroatoms. The van der Waals surface area contributed by atoms with Crippen molar-refractivity contribution in [3.63, 3.8) is 0 Å². The van der Waals surface area contributed by atoms with Crippen LogP contribution in [0.15, 0.2) is 11.6 Å². The lowest BCUT2D eigenvalue weighted by atomic mass is 9.85. The van der Waals surface area contributed by atoms with Crippen molar-refractivity contribution in [2.45, 2.75) is 65.5 Å². The van der Waals surface area contributed by atoms with Crippen molar-refractivity contribution in [1.82, 2.24) is 10.2 Å². The fourth-order valence-electron chi connectivity index (χ4n) is 2.35. The average molecular weight is 238 g/mol. The standard InChI is InChI=1S/C15H30N2/c1-7-14(5)12-17(10-9-13(3)4)15(6,8-2)11-16-14/h9,16H,7-8,10-12H2,1-6H3. The molecule has 0 radical (unpaired) electrons. The van der Waals surface area contributed by atoms with Gasteiger partial charge in [0.15, 0.2) is 0 Å². The van der Waals surface area contributed by atoms with E-state index < -0.39 is 0 Å². The molecule has 1 N–H and O–H groups in total. The number of nitrogens with zero attached hydrogens (tertiary/aromatic N) is 1. The van der Waals surface area contributed by atoms with Crippen molar-refractivity contribution in [2.24, 2.45) is 0 Å². The molecule has 1 rings (SSSR count). The highest BCUT2D eigenvalue weighted by Gasteiger charge is 2.40. The predicted octanol–water partition coefficient (Wildman–Crippen LogP) is 3.20. The van der Waals surface area contributed by atoms with Gasteiger partial charge in [-0.1, -0.05) is 25.5 Å². The monoisotopic (exact) mass is 238 g/mol. The van der Waals surface area contributed by atoms with Crippen LogP contribution >= 0.6 is 0 Å². The predicted molar refractivity (Wildman–Crippen MR) is 76.4 cm³/mol. The molecule has 1 aliphatic heterocycles. The number of allylic oxidation sites excluding steroid dienone is 1. The van der Waals surface area contributed by atoms with Crippen LogP contribution in [-0.4, -0.2) is 35.6 Å². The minimum atomic E-state index is 0.282.